The van der Waals surface area contributed by atoms with Crippen LogP contribution in [-0.2, 0) is 35.2 Å². The molecule has 0 fully saturated rings. The molecule has 0 spiro atoms. The number of primary amides is 1. The number of carbonyl (C=O) groups excluding carboxylic acids is 4. The maximum atomic E-state index is 12.3. The number of carboxylic acid groups (broad SMARTS) is 2. The SMILES string of the molecule is NC(=O)CC(NC(=O)CNC(=O)C(N)Cc1cnc[nH]1)C(=O)NC(CCC(=O)O)C(=O)O. The molecule has 10 N–H and O–H groups in total. The second-order valence-corrected chi connectivity index (χ2v) is 6.73. The maximum Gasteiger partial charge on any atom is 0.326 e. The predicted molar refractivity (Wildman–Crippen MR) is 105 cm³/mol. The molecule has 15 heteroatoms. The number of nitrogens with two attached hydrogens (primary N) is 2. The summed E-state index contributed by atoms with van der Waals surface area (Å²) >= 11 is 0. The first-order valence-corrected chi connectivity index (χ1v) is 9.32. The molecular weight excluding hydrogens is 430 g/mol. The van der Waals surface area contributed by atoms with Crippen LogP contribution in [-0.4, -0.2) is 80.4 Å². The molecule has 3 unspecified atom stereocenters. The standard InChI is InChI=1S/C17H25N7O8/c18-9(3-8-5-20-7-22-8)15(29)21-6-13(26)23-11(4-12(19)25)16(30)24-10(17(31)32)1-2-14(27)28/h5,7,9-11H,1-4,6,18H2,(H2,19,25)(H,20,22)(H,21,29)(H,23,26)(H,24,30)(H,27,28)(H,31,32). The third-order valence-corrected chi connectivity index (χ3v) is 4.07. The van der Waals surface area contributed by atoms with Crippen molar-refractivity contribution in [2.45, 2.75) is 43.8 Å². The fourth-order valence-electron chi connectivity index (χ4n) is 2.48. The van der Waals surface area contributed by atoms with Crippen LogP contribution >= 0.6 is 0 Å². The van der Waals surface area contributed by atoms with Crippen LogP contribution in [0, 0.1) is 0 Å². The van der Waals surface area contributed by atoms with E-state index >= 15 is 0 Å². The van der Waals surface area contributed by atoms with Crippen molar-refractivity contribution in [2.24, 2.45) is 11.5 Å². The molecule has 0 aliphatic heterocycles. The van der Waals surface area contributed by atoms with E-state index in [0.29, 0.717) is 5.69 Å². The van der Waals surface area contributed by atoms with Gasteiger partial charge in [0, 0.05) is 24.7 Å². The van der Waals surface area contributed by atoms with Crippen molar-refractivity contribution in [3.8, 4) is 0 Å². The molecule has 0 aliphatic rings. The van der Waals surface area contributed by atoms with E-state index in [2.05, 4.69) is 20.6 Å². The van der Waals surface area contributed by atoms with E-state index in [1.165, 1.54) is 12.5 Å². The zero-order valence-corrected chi connectivity index (χ0v) is 16.9. The van der Waals surface area contributed by atoms with Gasteiger partial charge >= 0.3 is 11.9 Å². The Hall–Kier alpha value is -4.01. The first-order valence-electron chi connectivity index (χ1n) is 9.32. The number of carboxylic acids is 2. The smallest absolute Gasteiger partial charge is 0.326 e. The van der Waals surface area contributed by atoms with Gasteiger partial charge in [-0.25, -0.2) is 9.78 Å². The number of rotatable bonds is 14. The Morgan fingerprint density at radius 2 is 1.75 bits per heavy atom. The van der Waals surface area contributed by atoms with Crippen LogP contribution in [0.3, 0.4) is 0 Å². The molecule has 1 aromatic heterocycles. The van der Waals surface area contributed by atoms with Gasteiger partial charge in [-0.3, -0.25) is 24.0 Å². The van der Waals surface area contributed by atoms with E-state index in [1.54, 1.807) is 0 Å². The Kier molecular flexibility index (Phi) is 10.3. The zero-order chi connectivity index (χ0) is 24.3. The topological polar surface area (TPSA) is 260 Å². The Morgan fingerprint density at radius 1 is 1.06 bits per heavy atom. The number of nitrogens with one attached hydrogen (secondary N) is 4. The van der Waals surface area contributed by atoms with Crippen LogP contribution < -0.4 is 27.4 Å². The van der Waals surface area contributed by atoms with Crippen molar-refractivity contribution in [3.63, 3.8) is 0 Å². The predicted octanol–water partition coefficient (Wildman–Crippen LogP) is -3.81. The van der Waals surface area contributed by atoms with Gasteiger partial charge in [-0.05, 0) is 6.42 Å². The first kappa shape index (κ1) is 26.0. The summed E-state index contributed by atoms with van der Waals surface area (Å²) in [5, 5.41) is 24.3. The molecule has 0 bridgehead atoms. The van der Waals surface area contributed by atoms with E-state index in [-0.39, 0.29) is 6.42 Å². The lowest BCUT2D eigenvalue weighted by Crippen LogP contribution is -2.54. The lowest BCUT2D eigenvalue weighted by molar-refractivity contribution is -0.143. The molecular formula is C17H25N7O8. The molecule has 0 radical (unpaired) electrons. The minimum Gasteiger partial charge on any atom is -0.481 e. The number of hydrogen-bond donors (Lipinski definition) is 8. The fraction of sp³-hybridized carbons (Fsp3) is 0.471. The summed E-state index contributed by atoms with van der Waals surface area (Å²) in [5.74, 6) is -6.32. The monoisotopic (exact) mass is 455 g/mol. The van der Waals surface area contributed by atoms with Gasteiger partial charge < -0.3 is 42.6 Å². The number of hydrogen-bond acceptors (Lipinski definition) is 8. The molecule has 0 saturated heterocycles. The molecule has 1 heterocycles. The van der Waals surface area contributed by atoms with Crippen molar-refractivity contribution in [1.82, 2.24) is 25.9 Å². The summed E-state index contributed by atoms with van der Waals surface area (Å²) in [6.07, 6.45) is 1.41. The third-order valence-electron chi connectivity index (χ3n) is 4.07. The molecule has 0 saturated carbocycles. The number of amides is 4. The number of aliphatic carboxylic acids is 2. The Balaban J connectivity index is 2.64. The Labute approximate surface area is 181 Å². The highest BCUT2D eigenvalue weighted by molar-refractivity contribution is 5.95. The van der Waals surface area contributed by atoms with Crippen LogP contribution in [0.2, 0.25) is 0 Å². The number of H-pyrrole nitrogens is 1. The molecule has 0 aliphatic carbocycles. The van der Waals surface area contributed by atoms with Gasteiger partial charge in [-0.1, -0.05) is 0 Å². The highest BCUT2D eigenvalue weighted by Crippen LogP contribution is 2.01. The van der Waals surface area contributed by atoms with Gasteiger partial charge in [-0.15, -0.1) is 0 Å². The van der Waals surface area contributed by atoms with Crippen LogP contribution in [0.25, 0.3) is 0 Å². The molecule has 176 valence electrons. The van der Waals surface area contributed by atoms with Gasteiger partial charge in [-0.2, -0.15) is 0 Å². The Bertz CT molecular complexity index is 842. The summed E-state index contributed by atoms with van der Waals surface area (Å²) in [6, 6.07) is -4.09. The normalized spacial score (nSPS) is 13.3. The van der Waals surface area contributed by atoms with E-state index in [9.17, 15) is 28.8 Å². The Morgan fingerprint density at radius 3 is 2.28 bits per heavy atom. The van der Waals surface area contributed by atoms with Crippen LogP contribution in [0.5, 0.6) is 0 Å². The summed E-state index contributed by atoms with van der Waals surface area (Å²) in [7, 11) is 0. The van der Waals surface area contributed by atoms with Gasteiger partial charge in [0.05, 0.1) is 25.3 Å². The van der Waals surface area contributed by atoms with Crippen LogP contribution in [0.1, 0.15) is 25.0 Å². The van der Waals surface area contributed by atoms with Crippen LogP contribution in [0.15, 0.2) is 12.5 Å². The summed E-state index contributed by atoms with van der Waals surface area (Å²) in [6.45, 7) is -0.584. The molecule has 15 nitrogen and oxygen atoms in total. The lowest BCUT2D eigenvalue weighted by atomic mass is 10.1. The molecule has 0 aromatic carbocycles. The van der Waals surface area contributed by atoms with Crippen molar-refractivity contribution in [3.05, 3.63) is 18.2 Å². The average molecular weight is 455 g/mol. The average Bonchev–Trinajstić information content (AvgIpc) is 3.20. The van der Waals surface area contributed by atoms with E-state index < -0.39 is 79.5 Å². The summed E-state index contributed by atoms with van der Waals surface area (Å²) < 4.78 is 0. The first-order chi connectivity index (χ1) is 15.0. The van der Waals surface area contributed by atoms with Gasteiger partial charge in [0.25, 0.3) is 0 Å². The second-order valence-electron chi connectivity index (χ2n) is 6.73. The number of aromatic amines is 1. The number of aromatic nitrogens is 2. The minimum atomic E-state index is -1.56. The third kappa shape index (κ3) is 9.66. The van der Waals surface area contributed by atoms with Crippen molar-refractivity contribution in [1.29, 1.82) is 0 Å². The minimum absolute atomic E-state index is 0.132. The van der Waals surface area contributed by atoms with Gasteiger partial charge in [0.2, 0.25) is 23.6 Å². The van der Waals surface area contributed by atoms with E-state index in [4.69, 9.17) is 21.7 Å². The van der Waals surface area contributed by atoms with Crippen molar-refractivity contribution >= 4 is 35.6 Å². The maximum absolute atomic E-state index is 12.3. The highest BCUT2D eigenvalue weighted by Gasteiger charge is 2.28. The quantitative estimate of drug-likeness (QED) is 0.135. The van der Waals surface area contributed by atoms with Crippen molar-refractivity contribution in [2.75, 3.05) is 6.54 Å². The molecule has 32 heavy (non-hydrogen) atoms. The number of imidazole rings is 1. The second kappa shape index (κ2) is 12.6. The molecule has 3 atom stereocenters. The fourth-order valence-corrected chi connectivity index (χ4v) is 2.48. The molecule has 4 amide bonds. The number of carbonyl (C=O) groups is 6. The number of nitrogens with zero attached hydrogens (tertiary/aromatic N) is 1. The largest absolute Gasteiger partial charge is 0.481 e. The van der Waals surface area contributed by atoms with E-state index in [1.807, 2.05) is 5.32 Å². The lowest BCUT2D eigenvalue weighted by Gasteiger charge is -2.20. The van der Waals surface area contributed by atoms with Gasteiger partial charge in [0.1, 0.15) is 12.1 Å². The van der Waals surface area contributed by atoms with E-state index in [0.717, 1.165) is 0 Å². The van der Waals surface area contributed by atoms with Crippen molar-refractivity contribution < 1.29 is 39.0 Å². The van der Waals surface area contributed by atoms with Gasteiger partial charge in [0.15, 0.2) is 0 Å². The summed E-state index contributed by atoms with van der Waals surface area (Å²) in [5.41, 5.74) is 11.4. The van der Waals surface area contributed by atoms with Crippen LogP contribution in [0.4, 0.5) is 0 Å². The summed E-state index contributed by atoms with van der Waals surface area (Å²) in [4.78, 5) is 76.1. The molecule has 1 aromatic rings. The molecule has 1 rings (SSSR count). The zero-order valence-electron chi connectivity index (χ0n) is 16.9. The highest BCUT2D eigenvalue weighted by atomic mass is 16.4.